The lowest BCUT2D eigenvalue weighted by Gasteiger charge is -2.23. The van der Waals surface area contributed by atoms with Crippen molar-refractivity contribution in [2.24, 2.45) is 4.99 Å². The summed E-state index contributed by atoms with van der Waals surface area (Å²) in [6.45, 7) is 3.00. The second-order valence-electron chi connectivity index (χ2n) is 9.87. The molecule has 1 fully saturated rings. The average Bonchev–Trinajstić information content (AvgIpc) is 3.31. The third-order valence-electron chi connectivity index (χ3n) is 7.16. The Hall–Kier alpha value is -3.12. The molecule has 2 aromatic carbocycles. The molecule has 0 radical (unpaired) electrons. The van der Waals surface area contributed by atoms with Crippen LogP contribution in [0, 0.1) is 0 Å². The van der Waals surface area contributed by atoms with Gasteiger partial charge in [-0.05, 0) is 80.3 Å². The van der Waals surface area contributed by atoms with Gasteiger partial charge in [-0.1, -0.05) is 49.6 Å². The molecule has 37 heavy (non-hydrogen) atoms. The van der Waals surface area contributed by atoms with Crippen LogP contribution in [0.5, 0.6) is 11.5 Å². The second kappa shape index (κ2) is 12.4. The molecule has 194 valence electrons. The fraction of sp³-hybridized carbons (Fsp3) is 0.419. The van der Waals surface area contributed by atoms with Gasteiger partial charge in [0.15, 0.2) is 11.5 Å². The lowest BCUT2D eigenvalue weighted by Crippen LogP contribution is -2.36. The largest absolute Gasteiger partial charge is 0.490 e. The summed E-state index contributed by atoms with van der Waals surface area (Å²) in [5, 5.41) is 4.15. The number of carbonyl (C=O) groups excluding carboxylic acids is 1. The van der Waals surface area contributed by atoms with E-state index < -0.39 is 0 Å². The van der Waals surface area contributed by atoms with E-state index >= 15 is 0 Å². The molecule has 5 rings (SSSR count). The van der Waals surface area contributed by atoms with Crippen molar-refractivity contribution in [1.82, 2.24) is 5.32 Å². The number of ether oxygens (including phenoxy) is 2. The Morgan fingerprint density at radius 1 is 1.00 bits per heavy atom. The van der Waals surface area contributed by atoms with Crippen molar-refractivity contribution < 1.29 is 14.3 Å². The summed E-state index contributed by atoms with van der Waals surface area (Å²) in [7, 11) is 0. The highest BCUT2D eigenvalue weighted by Gasteiger charge is 2.27. The minimum Gasteiger partial charge on any atom is -0.490 e. The standard InChI is InChI=1S/C31H36N2O3S/c1-2-35-27-19-23(17-18-26(27)36-21-22-11-5-3-6-12-22)20-32-31-29(25-15-9-10-16-28(25)37-31)30(34)33-24-13-7-4-8-14-24/h3,5-6,11-12,17-20,24H,2,4,7-10,13-16,21H2,1H3,(H,33,34)/b32-20+. The van der Waals surface area contributed by atoms with Gasteiger partial charge in [-0.3, -0.25) is 4.79 Å². The number of thiophene rings is 1. The number of hydrogen-bond acceptors (Lipinski definition) is 5. The van der Waals surface area contributed by atoms with Crippen molar-refractivity contribution in [3.05, 3.63) is 75.7 Å². The number of aliphatic imine (C=N–C) groups is 1. The van der Waals surface area contributed by atoms with Crippen LogP contribution in [0.2, 0.25) is 0 Å². The Balaban J connectivity index is 1.36. The van der Waals surface area contributed by atoms with E-state index in [9.17, 15) is 4.79 Å². The topological polar surface area (TPSA) is 59.9 Å². The molecule has 0 atom stereocenters. The number of benzene rings is 2. The molecule has 2 aliphatic carbocycles. The van der Waals surface area contributed by atoms with Crippen LogP contribution in [0.15, 0.2) is 53.5 Å². The van der Waals surface area contributed by atoms with E-state index in [1.54, 1.807) is 11.3 Å². The Labute approximate surface area is 223 Å². The third-order valence-corrected chi connectivity index (χ3v) is 8.36. The molecule has 1 aromatic heterocycles. The average molecular weight is 517 g/mol. The van der Waals surface area contributed by atoms with Gasteiger partial charge in [-0.25, -0.2) is 4.99 Å². The number of nitrogens with one attached hydrogen (secondary N) is 1. The summed E-state index contributed by atoms with van der Waals surface area (Å²) in [5.74, 6) is 1.46. The number of fused-ring (bicyclic) bond motifs is 1. The fourth-order valence-corrected chi connectivity index (χ4v) is 6.47. The van der Waals surface area contributed by atoms with Crippen molar-refractivity contribution >= 4 is 28.5 Å². The van der Waals surface area contributed by atoms with E-state index in [0.29, 0.717) is 24.7 Å². The van der Waals surface area contributed by atoms with E-state index in [0.717, 1.165) is 53.8 Å². The van der Waals surface area contributed by atoms with Crippen LogP contribution in [0.4, 0.5) is 5.00 Å². The molecule has 5 nitrogen and oxygen atoms in total. The van der Waals surface area contributed by atoms with Crippen LogP contribution < -0.4 is 14.8 Å². The minimum atomic E-state index is 0.0538. The molecule has 6 heteroatoms. The lowest BCUT2D eigenvalue weighted by molar-refractivity contribution is 0.0927. The zero-order valence-corrected chi connectivity index (χ0v) is 22.4. The van der Waals surface area contributed by atoms with Crippen molar-refractivity contribution in [3.63, 3.8) is 0 Å². The summed E-state index contributed by atoms with van der Waals surface area (Å²) in [5.41, 5.74) is 4.04. The zero-order valence-electron chi connectivity index (χ0n) is 21.6. The van der Waals surface area contributed by atoms with Crippen LogP contribution >= 0.6 is 11.3 Å². The summed E-state index contributed by atoms with van der Waals surface area (Å²) < 4.78 is 11.9. The molecule has 0 saturated heterocycles. The van der Waals surface area contributed by atoms with Gasteiger partial charge >= 0.3 is 0 Å². The number of carbonyl (C=O) groups is 1. The van der Waals surface area contributed by atoms with Crippen LogP contribution in [-0.2, 0) is 19.4 Å². The molecule has 1 N–H and O–H groups in total. The first-order valence-corrected chi connectivity index (χ1v) is 14.5. The quantitative estimate of drug-likeness (QED) is 0.301. The molecule has 1 amide bonds. The monoisotopic (exact) mass is 516 g/mol. The van der Waals surface area contributed by atoms with E-state index in [1.165, 1.54) is 36.1 Å². The van der Waals surface area contributed by atoms with Gasteiger partial charge in [0, 0.05) is 17.1 Å². The first kappa shape index (κ1) is 25.5. The molecule has 0 aliphatic heterocycles. The second-order valence-corrected chi connectivity index (χ2v) is 11.0. The lowest BCUT2D eigenvalue weighted by atomic mass is 9.93. The van der Waals surface area contributed by atoms with Gasteiger partial charge in [-0.15, -0.1) is 11.3 Å². The van der Waals surface area contributed by atoms with Gasteiger partial charge in [-0.2, -0.15) is 0 Å². The van der Waals surface area contributed by atoms with Gasteiger partial charge < -0.3 is 14.8 Å². The van der Waals surface area contributed by atoms with Crippen LogP contribution in [-0.4, -0.2) is 24.8 Å². The maximum atomic E-state index is 13.4. The van der Waals surface area contributed by atoms with E-state index in [1.807, 2.05) is 61.7 Å². The van der Waals surface area contributed by atoms with Crippen molar-refractivity contribution in [2.75, 3.05) is 6.61 Å². The van der Waals surface area contributed by atoms with E-state index in [2.05, 4.69) is 5.32 Å². The number of nitrogens with zero attached hydrogens (tertiary/aromatic N) is 1. The molecular weight excluding hydrogens is 480 g/mol. The number of hydrogen-bond donors (Lipinski definition) is 1. The molecule has 0 unspecified atom stereocenters. The van der Waals surface area contributed by atoms with Crippen molar-refractivity contribution in [1.29, 1.82) is 0 Å². The number of rotatable bonds is 9. The minimum absolute atomic E-state index is 0.0538. The third kappa shape index (κ3) is 6.42. The van der Waals surface area contributed by atoms with Gasteiger partial charge in [0.1, 0.15) is 11.6 Å². The fourth-order valence-electron chi connectivity index (χ4n) is 5.24. The van der Waals surface area contributed by atoms with Crippen LogP contribution in [0.25, 0.3) is 0 Å². The van der Waals surface area contributed by atoms with Gasteiger partial charge in [0.25, 0.3) is 5.91 Å². The summed E-state index contributed by atoms with van der Waals surface area (Å²) >= 11 is 1.68. The Morgan fingerprint density at radius 3 is 2.62 bits per heavy atom. The SMILES string of the molecule is CCOc1cc(/C=N/c2sc3c(c2C(=O)NC2CCCCC2)CCCC3)ccc1OCc1ccccc1. The molecule has 3 aromatic rings. The predicted molar refractivity (Wildman–Crippen MR) is 151 cm³/mol. The van der Waals surface area contributed by atoms with E-state index in [-0.39, 0.29) is 11.9 Å². The highest BCUT2D eigenvalue weighted by atomic mass is 32.1. The molecule has 0 spiro atoms. The smallest absolute Gasteiger partial charge is 0.254 e. The van der Waals surface area contributed by atoms with Gasteiger partial charge in [0.05, 0.1) is 12.2 Å². The van der Waals surface area contributed by atoms with Crippen molar-refractivity contribution in [2.45, 2.75) is 77.4 Å². The molecular formula is C31H36N2O3S. The van der Waals surface area contributed by atoms with Crippen molar-refractivity contribution in [3.8, 4) is 11.5 Å². The van der Waals surface area contributed by atoms with Gasteiger partial charge in [0.2, 0.25) is 0 Å². The molecule has 1 saturated carbocycles. The number of amides is 1. The normalized spacial score (nSPS) is 15.9. The Morgan fingerprint density at radius 2 is 1.81 bits per heavy atom. The first-order chi connectivity index (χ1) is 18.2. The predicted octanol–water partition coefficient (Wildman–Crippen LogP) is 7.42. The summed E-state index contributed by atoms with van der Waals surface area (Å²) in [6, 6.07) is 16.3. The maximum absolute atomic E-state index is 13.4. The maximum Gasteiger partial charge on any atom is 0.254 e. The summed E-state index contributed by atoms with van der Waals surface area (Å²) in [4.78, 5) is 19.6. The first-order valence-electron chi connectivity index (χ1n) is 13.6. The number of aryl methyl sites for hydroxylation is 1. The zero-order chi connectivity index (χ0) is 25.5. The molecule has 1 heterocycles. The Kier molecular flexibility index (Phi) is 8.57. The summed E-state index contributed by atoms with van der Waals surface area (Å²) in [6.07, 6.45) is 12.0. The van der Waals surface area contributed by atoms with Crippen LogP contribution in [0.3, 0.4) is 0 Å². The highest BCUT2D eigenvalue weighted by Crippen LogP contribution is 2.40. The van der Waals surface area contributed by atoms with Crippen LogP contribution in [0.1, 0.15) is 83.8 Å². The van der Waals surface area contributed by atoms with E-state index in [4.69, 9.17) is 14.5 Å². The molecule has 0 bridgehead atoms. The highest BCUT2D eigenvalue weighted by molar-refractivity contribution is 7.16. The molecule has 2 aliphatic rings. The Bertz CT molecular complexity index is 1230.